The minimum absolute atomic E-state index is 0.0186. The monoisotopic (exact) mass is 862 g/mol. The zero-order valence-electron chi connectivity index (χ0n) is 37.3. The smallest absolute Gasteiger partial charge is 0.184 e. The fourth-order valence-electron chi connectivity index (χ4n) is 12.7. The standard InChI is InChI=1S/C17H24O2Si.C15H18O3.C12H14O2.C8H10O2/c1-20(2,3)11-10-16(19)8-6-14-12-15(18)7-9-17(14,16)13-4-5-13;1-3-14(17)7-6-11-8-12(16)13(18-2)9-15(11,14)10-4-5-10;13-10-5-6-12(8-1-2-8)9(7-10)3-4-11(12)14;9-6-3-4-7(10)8(6)5-1-2-5/h12-13,19H,4-9H2,1-3H3;1,8,10,13,17H,4-7,9H2,2H3;7-8H,1-6H2;5,9H,1-4H2/t16-,17-;13?,14-,15+;12-;/m101./s1. The van der Waals surface area contributed by atoms with Crippen molar-refractivity contribution in [2.24, 2.45) is 39.9 Å². The number of hydrogen-bond acceptors (Lipinski definition) is 9. The van der Waals surface area contributed by atoms with Gasteiger partial charge in [-0.05, 0) is 145 Å². The van der Waals surface area contributed by atoms with E-state index in [0.717, 1.165) is 68.9 Å². The van der Waals surface area contributed by atoms with Crippen molar-refractivity contribution >= 4 is 37.0 Å². The van der Waals surface area contributed by atoms with E-state index < -0.39 is 30.8 Å². The summed E-state index contributed by atoms with van der Waals surface area (Å²) in [6, 6.07) is 0. The predicted molar refractivity (Wildman–Crippen MR) is 238 cm³/mol. The van der Waals surface area contributed by atoms with Crippen molar-refractivity contribution in [3.63, 3.8) is 0 Å². The molecule has 0 amide bonds. The summed E-state index contributed by atoms with van der Waals surface area (Å²) in [5.74, 6) is 9.31. The van der Waals surface area contributed by atoms with Crippen LogP contribution in [0.2, 0.25) is 19.6 Å². The van der Waals surface area contributed by atoms with Crippen LogP contribution in [0.1, 0.15) is 135 Å². The maximum atomic E-state index is 12.0. The number of hydrogen-bond donors (Lipinski definition) is 3. The first-order chi connectivity index (χ1) is 29.4. The van der Waals surface area contributed by atoms with E-state index in [2.05, 4.69) is 37.0 Å². The van der Waals surface area contributed by atoms with Crippen LogP contribution in [-0.4, -0.2) is 76.7 Å². The van der Waals surface area contributed by atoms with Crippen molar-refractivity contribution in [1.82, 2.24) is 0 Å². The maximum Gasteiger partial charge on any atom is 0.184 e. The van der Waals surface area contributed by atoms with Crippen LogP contribution in [0.25, 0.3) is 0 Å². The van der Waals surface area contributed by atoms with Crippen LogP contribution in [0.5, 0.6) is 0 Å². The van der Waals surface area contributed by atoms with Gasteiger partial charge in [-0.1, -0.05) is 48.2 Å². The molecule has 62 heavy (non-hydrogen) atoms. The third-order valence-electron chi connectivity index (χ3n) is 16.3. The summed E-state index contributed by atoms with van der Waals surface area (Å²) in [5, 5.41) is 31.3. The highest BCUT2D eigenvalue weighted by atomic mass is 28.3. The summed E-state index contributed by atoms with van der Waals surface area (Å²) in [6.45, 7) is 6.63. The molecule has 0 bridgehead atoms. The van der Waals surface area contributed by atoms with E-state index in [1.807, 2.05) is 6.08 Å². The molecule has 7 saturated carbocycles. The van der Waals surface area contributed by atoms with E-state index in [0.29, 0.717) is 86.6 Å². The summed E-state index contributed by atoms with van der Waals surface area (Å²) in [7, 11) is 0.0509. The summed E-state index contributed by atoms with van der Waals surface area (Å²) in [4.78, 5) is 58.0. The number of aliphatic hydroxyl groups excluding tert-OH is 1. The van der Waals surface area contributed by atoms with Gasteiger partial charge in [0.2, 0.25) is 0 Å². The Hall–Kier alpha value is -3.67. The summed E-state index contributed by atoms with van der Waals surface area (Å²) >= 11 is 0. The number of aliphatic hydroxyl groups is 3. The first-order valence-corrected chi connectivity index (χ1v) is 27.1. The quantitative estimate of drug-likeness (QED) is 0.184. The minimum Gasteiger partial charge on any atom is -0.512 e. The fraction of sp³-hybridized carbons (Fsp3) is 0.673. The van der Waals surface area contributed by atoms with Gasteiger partial charge in [0.05, 0.1) is 11.2 Å². The molecule has 1 unspecified atom stereocenters. The number of carbonyl (C=O) groups is 5. The lowest BCUT2D eigenvalue weighted by atomic mass is 9.62. The van der Waals surface area contributed by atoms with Gasteiger partial charge in [-0.25, -0.2) is 0 Å². The van der Waals surface area contributed by atoms with Crippen LogP contribution in [0.15, 0.2) is 46.3 Å². The molecule has 6 atom stereocenters. The number of ether oxygens (including phenoxy) is 1. The van der Waals surface area contributed by atoms with E-state index in [4.69, 9.17) is 11.2 Å². The molecule has 10 heteroatoms. The van der Waals surface area contributed by atoms with E-state index in [9.17, 15) is 39.3 Å². The largest absolute Gasteiger partial charge is 0.512 e. The van der Waals surface area contributed by atoms with Gasteiger partial charge in [-0.15, -0.1) is 12.0 Å². The van der Waals surface area contributed by atoms with Gasteiger partial charge in [0.1, 0.15) is 31.2 Å². The second kappa shape index (κ2) is 16.4. The SMILES string of the molecule is C#C[C@]1(O)CCC2=CC(=O)C(OC)C[C@@]21C1CC1.C[Si](C)(C)C#C[C@]1(O)CCC2=CC(=O)CC[C@@]21C1CC1.O=C1C=C2CCC(=O)[C@@]2(C2CC2)CC1.O=C1CCC(O)=C1C1CC1. The molecule has 0 aromatic rings. The second-order valence-electron chi connectivity index (χ2n) is 21.4. The first-order valence-electron chi connectivity index (χ1n) is 23.6. The van der Waals surface area contributed by atoms with Crippen molar-refractivity contribution in [2.45, 2.75) is 172 Å². The average molecular weight is 863 g/mol. The molecule has 9 nitrogen and oxygen atoms in total. The molecule has 0 heterocycles. The molecule has 11 rings (SSSR count). The number of carbonyl (C=O) groups excluding carboxylic acids is 5. The van der Waals surface area contributed by atoms with Crippen LogP contribution in [0.3, 0.4) is 0 Å². The lowest BCUT2D eigenvalue weighted by molar-refractivity contribution is -0.130. The molecule has 332 valence electrons. The number of allylic oxidation sites excluding steroid dienone is 5. The van der Waals surface area contributed by atoms with E-state index >= 15 is 0 Å². The summed E-state index contributed by atoms with van der Waals surface area (Å²) in [6.07, 6.45) is 28.4. The molecular formula is C52H66O9Si. The maximum absolute atomic E-state index is 12.0. The Kier molecular flexibility index (Phi) is 11.9. The van der Waals surface area contributed by atoms with Gasteiger partial charge in [-0.2, -0.15) is 0 Å². The van der Waals surface area contributed by atoms with Crippen molar-refractivity contribution in [3.05, 3.63) is 46.3 Å². The van der Waals surface area contributed by atoms with Crippen LogP contribution < -0.4 is 0 Å². The van der Waals surface area contributed by atoms with Crippen LogP contribution in [0, 0.1) is 63.7 Å². The second-order valence-corrected chi connectivity index (χ2v) is 26.1. The van der Waals surface area contributed by atoms with Gasteiger partial charge in [0, 0.05) is 55.6 Å². The number of rotatable bonds is 5. The van der Waals surface area contributed by atoms with Crippen molar-refractivity contribution < 1.29 is 44.0 Å². The lowest BCUT2D eigenvalue weighted by Crippen LogP contribution is -2.50. The van der Waals surface area contributed by atoms with Crippen LogP contribution in [0.4, 0.5) is 0 Å². The molecule has 11 aliphatic rings. The third kappa shape index (κ3) is 7.94. The van der Waals surface area contributed by atoms with Crippen LogP contribution >= 0.6 is 0 Å². The lowest BCUT2D eigenvalue weighted by Gasteiger charge is -2.44. The van der Waals surface area contributed by atoms with E-state index in [-0.39, 0.29) is 34.0 Å². The molecule has 0 radical (unpaired) electrons. The summed E-state index contributed by atoms with van der Waals surface area (Å²) in [5.41, 5.74) is 4.80. The van der Waals surface area contributed by atoms with Gasteiger partial charge >= 0.3 is 0 Å². The van der Waals surface area contributed by atoms with Gasteiger partial charge < -0.3 is 20.1 Å². The summed E-state index contributed by atoms with van der Waals surface area (Å²) < 4.78 is 5.28. The Morgan fingerprint density at radius 2 is 1.24 bits per heavy atom. The predicted octanol–water partition coefficient (Wildman–Crippen LogP) is 8.14. The number of Topliss-reactive ketones (excluding diaryl/α,β-unsaturated/α-hetero) is 2. The van der Waals surface area contributed by atoms with Crippen molar-refractivity contribution in [3.8, 4) is 23.8 Å². The molecule has 11 aliphatic carbocycles. The molecule has 0 aromatic carbocycles. The third-order valence-corrected chi connectivity index (χ3v) is 17.2. The highest BCUT2D eigenvalue weighted by Crippen LogP contribution is 2.67. The minimum atomic E-state index is -1.50. The van der Waals surface area contributed by atoms with E-state index in [1.165, 1.54) is 36.8 Å². The Morgan fingerprint density at radius 3 is 1.79 bits per heavy atom. The van der Waals surface area contributed by atoms with Gasteiger partial charge in [0.15, 0.2) is 23.1 Å². The first kappa shape index (κ1) is 44.9. The number of methoxy groups -OCH3 is 1. The van der Waals surface area contributed by atoms with Gasteiger partial charge in [0.25, 0.3) is 0 Å². The molecule has 7 fully saturated rings. The topological polar surface area (TPSA) is 155 Å². The zero-order chi connectivity index (χ0) is 44.5. The van der Waals surface area contributed by atoms with Gasteiger partial charge in [-0.3, -0.25) is 24.0 Å². The highest BCUT2D eigenvalue weighted by Gasteiger charge is 2.66. The fourth-order valence-corrected chi connectivity index (χ4v) is 13.3. The van der Waals surface area contributed by atoms with Crippen LogP contribution in [-0.2, 0) is 28.7 Å². The Bertz CT molecular complexity index is 2170. The molecular weight excluding hydrogens is 797 g/mol. The number of fused-ring (bicyclic) bond motifs is 3. The highest BCUT2D eigenvalue weighted by molar-refractivity contribution is 6.83. The molecule has 3 N–H and O–H groups in total. The Balaban J connectivity index is 0.000000117. The molecule has 0 spiro atoms. The molecule has 0 aliphatic heterocycles. The normalized spacial score (nSPS) is 37.1. The number of terminal acetylenes is 1. The zero-order valence-corrected chi connectivity index (χ0v) is 38.3. The van der Waals surface area contributed by atoms with Crippen molar-refractivity contribution in [1.29, 1.82) is 0 Å². The average Bonchev–Trinajstić information content (AvgIpc) is 4.04. The Morgan fingerprint density at radius 1 is 0.661 bits per heavy atom. The Labute approximate surface area is 368 Å². The molecule has 0 aromatic heterocycles. The number of ketones is 5. The van der Waals surface area contributed by atoms with E-state index in [1.54, 1.807) is 19.3 Å². The van der Waals surface area contributed by atoms with Crippen molar-refractivity contribution in [2.75, 3.05) is 7.11 Å². The molecule has 0 saturated heterocycles.